The standard InChI is InChI=1S/C22H18N4O3S3/c27-21-17-9-4-5-11-19(17)32(28,29)26(21)12-14-31-22-24-23-20(18-10-6-13-30-18)25(22)15-16-7-2-1-3-8-16/h1-11,13H,12,14-15H2. The Morgan fingerprint density at radius 1 is 0.938 bits per heavy atom. The molecule has 32 heavy (non-hydrogen) atoms. The summed E-state index contributed by atoms with van der Waals surface area (Å²) in [7, 11) is -3.81. The summed E-state index contributed by atoms with van der Waals surface area (Å²) in [5.74, 6) is 0.658. The van der Waals surface area contributed by atoms with Crippen LogP contribution in [-0.2, 0) is 16.6 Å². The Kier molecular flexibility index (Phi) is 5.58. The first-order chi connectivity index (χ1) is 15.6. The Morgan fingerprint density at radius 2 is 1.72 bits per heavy atom. The fourth-order valence-electron chi connectivity index (χ4n) is 3.56. The summed E-state index contributed by atoms with van der Waals surface area (Å²) in [6.07, 6.45) is 0. The number of carbonyl (C=O) groups excluding carboxylic acids is 1. The van der Waals surface area contributed by atoms with Gasteiger partial charge >= 0.3 is 0 Å². The Labute approximate surface area is 193 Å². The topological polar surface area (TPSA) is 85.2 Å². The van der Waals surface area contributed by atoms with E-state index in [0.29, 0.717) is 17.5 Å². The molecular weight excluding hydrogens is 464 g/mol. The maximum atomic E-state index is 12.8. The van der Waals surface area contributed by atoms with Crippen LogP contribution in [0.25, 0.3) is 10.7 Å². The molecule has 0 unspecified atom stereocenters. The molecule has 4 aromatic rings. The fourth-order valence-corrected chi connectivity index (χ4v) is 6.83. The van der Waals surface area contributed by atoms with Crippen LogP contribution in [-0.4, -0.2) is 45.7 Å². The third-order valence-corrected chi connectivity index (χ3v) is 8.73. The number of thiophene rings is 1. The van der Waals surface area contributed by atoms with Gasteiger partial charge in [-0.3, -0.25) is 9.36 Å². The van der Waals surface area contributed by atoms with Crippen LogP contribution in [0.2, 0.25) is 0 Å². The van der Waals surface area contributed by atoms with Crippen LogP contribution in [0.1, 0.15) is 15.9 Å². The lowest BCUT2D eigenvalue weighted by molar-refractivity contribution is 0.0876. The smallest absolute Gasteiger partial charge is 0.269 e. The average molecular weight is 483 g/mol. The third-order valence-electron chi connectivity index (χ3n) is 5.08. The van der Waals surface area contributed by atoms with Gasteiger partial charge in [-0.05, 0) is 29.1 Å². The van der Waals surface area contributed by atoms with Crippen molar-refractivity contribution in [1.82, 2.24) is 19.1 Å². The molecule has 0 spiro atoms. The summed E-state index contributed by atoms with van der Waals surface area (Å²) >= 11 is 2.97. The maximum absolute atomic E-state index is 12.8. The highest BCUT2D eigenvalue weighted by atomic mass is 32.2. The van der Waals surface area contributed by atoms with E-state index in [1.807, 2.05) is 52.4 Å². The molecule has 1 amide bonds. The molecule has 1 aliphatic rings. The average Bonchev–Trinajstić information content (AvgIpc) is 3.50. The van der Waals surface area contributed by atoms with Crippen molar-refractivity contribution < 1.29 is 13.2 Å². The van der Waals surface area contributed by atoms with Gasteiger partial charge in [-0.1, -0.05) is 60.3 Å². The molecule has 0 N–H and O–H groups in total. The summed E-state index contributed by atoms with van der Waals surface area (Å²) < 4.78 is 28.5. The van der Waals surface area contributed by atoms with Gasteiger partial charge in [-0.25, -0.2) is 12.7 Å². The van der Waals surface area contributed by atoms with Crippen molar-refractivity contribution >= 4 is 39.0 Å². The molecule has 0 bridgehead atoms. The quantitative estimate of drug-likeness (QED) is 0.370. The van der Waals surface area contributed by atoms with Gasteiger partial charge in [0.2, 0.25) is 0 Å². The van der Waals surface area contributed by atoms with Crippen LogP contribution >= 0.6 is 23.1 Å². The van der Waals surface area contributed by atoms with Crippen molar-refractivity contribution in [1.29, 1.82) is 0 Å². The highest BCUT2D eigenvalue weighted by Crippen LogP contribution is 2.31. The zero-order valence-corrected chi connectivity index (χ0v) is 19.2. The number of fused-ring (bicyclic) bond motifs is 1. The second-order valence-corrected chi connectivity index (χ2v) is 10.9. The first kappa shape index (κ1) is 20.9. The minimum Gasteiger partial charge on any atom is -0.297 e. The highest BCUT2D eigenvalue weighted by molar-refractivity contribution is 7.99. The zero-order chi connectivity index (χ0) is 22.1. The minimum atomic E-state index is -3.81. The molecular formula is C22H18N4O3S3. The van der Waals surface area contributed by atoms with Crippen LogP contribution in [0, 0.1) is 0 Å². The first-order valence-corrected chi connectivity index (χ1v) is 13.2. The van der Waals surface area contributed by atoms with E-state index in [9.17, 15) is 13.2 Å². The highest BCUT2D eigenvalue weighted by Gasteiger charge is 2.40. The molecule has 1 aliphatic heterocycles. The van der Waals surface area contributed by atoms with Gasteiger partial charge in [0.05, 0.1) is 17.0 Å². The van der Waals surface area contributed by atoms with E-state index in [1.54, 1.807) is 29.5 Å². The number of hydrogen-bond acceptors (Lipinski definition) is 7. The molecule has 162 valence electrons. The second-order valence-electron chi connectivity index (χ2n) is 7.08. The van der Waals surface area contributed by atoms with Crippen LogP contribution in [0.3, 0.4) is 0 Å². The van der Waals surface area contributed by atoms with Gasteiger partial charge in [-0.15, -0.1) is 21.5 Å². The van der Waals surface area contributed by atoms with E-state index in [4.69, 9.17) is 0 Å². The Morgan fingerprint density at radius 3 is 2.47 bits per heavy atom. The van der Waals surface area contributed by atoms with Crippen LogP contribution in [0.5, 0.6) is 0 Å². The van der Waals surface area contributed by atoms with Gasteiger partial charge < -0.3 is 0 Å². The third kappa shape index (κ3) is 3.74. The molecule has 3 heterocycles. The number of nitrogens with zero attached hydrogens (tertiary/aromatic N) is 4. The minimum absolute atomic E-state index is 0.0625. The van der Waals surface area contributed by atoms with Crippen molar-refractivity contribution in [2.24, 2.45) is 0 Å². The Bertz CT molecular complexity index is 1370. The lowest BCUT2D eigenvalue weighted by Crippen LogP contribution is -2.32. The zero-order valence-electron chi connectivity index (χ0n) is 16.8. The van der Waals surface area contributed by atoms with Crippen molar-refractivity contribution in [3.63, 3.8) is 0 Å². The molecule has 2 aromatic carbocycles. The SMILES string of the molecule is O=C1c2ccccc2S(=O)(=O)N1CCSc1nnc(-c2cccs2)n1Cc1ccccc1. The largest absolute Gasteiger partial charge is 0.297 e. The number of aromatic nitrogens is 3. The molecule has 0 saturated carbocycles. The summed E-state index contributed by atoms with van der Waals surface area (Å²) in [6.45, 7) is 0.656. The summed E-state index contributed by atoms with van der Waals surface area (Å²) in [5.41, 5.74) is 1.34. The van der Waals surface area contributed by atoms with E-state index < -0.39 is 15.9 Å². The van der Waals surface area contributed by atoms with E-state index in [1.165, 1.54) is 17.8 Å². The summed E-state index contributed by atoms with van der Waals surface area (Å²) in [4.78, 5) is 13.7. The van der Waals surface area contributed by atoms with Crippen molar-refractivity contribution in [3.05, 3.63) is 83.2 Å². The Balaban J connectivity index is 1.37. The molecule has 2 aromatic heterocycles. The van der Waals surface area contributed by atoms with Gasteiger partial charge in [-0.2, -0.15) is 0 Å². The van der Waals surface area contributed by atoms with Gasteiger partial charge in [0.1, 0.15) is 4.90 Å². The summed E-state index contributed by atoms with van der Waals surface area (Å²) in [6, 6.07) is 20.3. The lowest BCUT2D eigenvalue weighted by Gasteiger charge is -2.15. The molecule has 0 saturated heterocycles. The van der Waals surface area contributed by atoms with Crippen LogP contribution in [0.15, 0.2) is 82.2 Å². The van der Waals surface area contributed by atoms with Crippen molar-refractivity contribution in [2.75, 3.05) is 12.3 Å². The van der Waals surface area contributed by atoms with E-state index in [2.05, 4.69) is 10.2 Å². The van der Waals surface area contributed by atoms with E-state index >= 15 is 0 Å². The molecule has 0 atom stereocenters. The predicted molar refractivity (Wildman–Crippen MR) is 124 cm³/mol. The van der Waals surface area contributed by atoms with Crippen LogP contribution < -0.4 is 0 Å². The molecule has 0 radical (unpaired) electrons. The number of hydrogen-bond donors (Lipinski definition) is 0. The fraction of sp³-hybridized carbons (Fsp3) is 0.136. The normalized spacial score (nSPS) is 14.6. The van der Waals surface area contributed by atoms with Gasteiger partial charge in [0.25, 0.3) is 15.9 Å². The second kappa shape index (κ2) is 8.53. The molecule has 0 aliphatic carbocycles. The van der Waals surface area contributed by atoms with E-state index in [-0.39, 0.29) is 17.0 Å². The maximum Gasteiger partial charge on any atom is 0.269 e. The van der Waals surface area contributed by atoms with Crippen molar-refractivity contribution in [3.8, 4) is 10.7 Å². The number of carbonyl (C=O) groups is 1. The van der Waals surface area contributed by atoms with Gasteiger partial charge in [0, 0.05) is 12.3 Å². The summed E-state index contributed by atoms with van der Waals surface area (Å²) in [5, 5.41) is 11.4. The van der Waals surface area contributed by atoms with Crippen LogP contribution in [0.4, 0.5) is 0 Å². The molecule has 0 fully saturated rings. The monoisotopic (exact) mass is 482 g/mol. The Hall–Kier alpha value is -2.95. The van der Waals surface area contributed by atoms with Gasteiger partial charge in [0.15, 0.2) is 11.0 Å². The lowest BCUT2D eigenvalue weighted by atomic mass is 10.2. The number of rotatable bonds is 7. The number of sulfonamides is 1. The number of thioether (sulfide) groups is 1. The first-order valence-electron chi connectivity index (χ1n) is 9.85. The predicted octanol–water partition coefficient (Wildman–Crippen LogP) is 3.99. The number of benzene rings is 2. The van der Waals surface area contributed by atoms with E-state index in [0.717, 1.165) is 20.6 Å². The number of amides is 1. The van der Waals surface area contributed by atoms with Crippen molar-refractivity contribution in [2.45, 2.75) is 16.6 Å². The molecule has 10 heteroatoms. The molecule has 7 nitrogen and oxygen atoms in total. The molecule has 5 rings (SSSR count).